The zero-order valence-corrected chi connectivity index (χ0v) is 7.29. The van der Waals surface area contributed by atoms with Gasteiger partial charge in [0.1, 0.15) is 5.82 Å². The molecule has 0 unspecified atom stereocenters. The van der Waals surface area contributed by atoms with Crippen molar-refractivity contribution in [1.82, 2.24) is 4.57 Å². The first kappa shape index (κ1) is 8.26. The molecule has 0 bridgehead atoms. The van der Waals surface area contributed by atoms with Crippen LogP contribution in [0, 0.1) is 5.82 Å². The molecule has 2 aromatic rings. The molecule has 1 N–H and O–H groups in total. The molecular weight excluding hydrogens is 169 g/mol. The highest BCUT2D eigenvalue weighted by molar-refractivity contribution is 5.81. The zero-order valence-electron chi connectivity index (χ0n) is 7.29. The fourth-order valence-corrected chi connectivity index (χ4v) is 1.53. The molecule has 0 radical (unpaired) electrons. The Morgan fingerprint density at radius 3 is 2.85 bits per heavy atom. The van der Waals surface area contributed by atoms with Crippen molar-refractivity contribution in [3.05, 3.63) is 35.8 Å². The predicted molar refractivity (Wildman–Crippen MR) is 48.8 cm³/mol. The molecule has 0 amide bonds. The van der Waals surface area contributed by atoms with Gasteiger partial charge in [-0.2, -0.15) is 0 Å². The van der Waals surface area contributed by atoms with Gasteiger partial charge in [0.2, 0.25) is 0 Å². The van der Waals surface area contributed by atoms with Crippen LogP contribution in [-0.2, 0) is 13.7 Å². The zero-order chi connectivity index (χ0) is 9.42. The highest BCUT2D eigenvalue weighted by Crippen LogP contribution is 2.19. The van der Waals surface area contributed by atoms with Gasteiger partial charge in [0.05, 0.1) is 6.61 Å². The fourth-order valence-electron chi connectivity index (χ4n) is 1.53. The number of fused-ring (bicyclic) bond motifs is 1. The first-order valence-corrected chi connectivity index (χ1v) is 4.07. The highest BCUT2D eigenvalue weighted by atomic mass is 19.1. The van der Waals surface area contributed by atoms with E-state index in [1.807, 2.05) is 11.6 Å². The van der Waals surface area contributed by atoms with E-state index in [1.54, 1.807) is 12.1 Å². The topological polar surface area (TPSA) is 25.2 Å². The number of aliphatic hydroxyl groups excluding tert-OH is 1. The summed E-state index contributed by atoms with van der Waals surface area (Å²) in [4.78, 5) is 0. The van der Waals surface area contributed by atoms with Gasteiger partial charge in [-0.1, -0.05) is 0 Å². The standard InChI is InChI=1S/C10H10FNO/c1-12-9(6-13)5-7-4-8(11)2-3-10(7)12/h2-5,13H,6H2,1H3. The molecule has 68 valence electrons. The molecule has 1 heterocycles. The Morgan fingerprint density at radius 1 is 1.38 bits per heavy atom. The number of rotatable bonds is 1. The van der Waals surface area contributed by atoms with Crippen LogP contribution in [0.2, 0.25) is 0 Å². The minimum absolute atomic E-state index is 0.0210. The summed E-state index contributed by atoms with van der Waals surface area (Å²) >= 11 is 0. The third-order valence-corrected chi connectivity index (χ3v) is 2.27. The van der Waals surface area contributed by atoms with Crippen molar-refractivity contribution in [2.24, 2.45) is 7.05 Å². The number of aliphatic hydroxyl groups is 1. The van der Waals surface area contributed by atoms with E-state index in [2.05, 4.69) is 0 Å². The number of hydrogen-bond acceptors (Lipinski definition) is 1. The summed E-state index contributed by atoms with van der Waals surface area (Å²) < 4.78 is 14.7. The van der Waals surface area contributed by atoms with Crippen molar-refractivity contribution < 1.29 is 9.50 Å². The maximum atomic E-state index is 12.8. The predicted octanol–water partition coefficient (Wildman–Crippen LogP) is 1.81. The van der Waals surface area contributed by atoms with E-state index in [9.17, 15) is 4.39 Å². The molecule has 1 aromatic heterocycles. The second-order valence-corrected chi connectivity index (χ2v) is 3.06. The van der Waals surface area contributed by atoms with Crippen LogP contribution in [0.1, 0.15) is 5.69 Å². The third-order valence-electron chi connectivity index (χ3n) is 2.27. The van der Waals surface area contributed by atoms with E-state index in [1.165, 1.54) is 12.1 Å². The van der Waals surface area contributed by atoms with E-state index in [0.717, 1.165) is 16.6 Å². The lowest BCUT2D eigenvalue weighted by Gasteiger charge is -1.99. The van der Waals surface area contributed by atoms with Gasteiger partial charge in [-0.25, -0.2) is 4.39 Å². The summed E-state index contributed by atoms with van der Waals surface area (Å²) in [6.07, 6.45) is 0. The number of hydrogen-bond donors (Lipinski definition) is 1. The van der Waals surface area contributed by atoms with E-state index in [4.69, 9.17) is 5.11 Å². The summed E-state index contributed by atoms with van der Waals surface area (Å²) in [5.41, 5.74) is 1.73. The van der Waals surface area contributed by atoms with Gasteiger partial charge >= 0.3 is 0 Å². The molecule has 0 spiro atoms. The van der Waals surface area contributed by atoms with Crippen LogP contribution in [0.3, 0.4) is 0 Å². The molecule has 0 saturated carbocycles. The Labute approximate surface area is 75.2 Å². The van der Waals surface area contributed by atoms with E-state index < -0.39 is 0 Å². The molecule has 0 aliphatic rings. The van der Waals surface area contributed by atoms with Crippen LogP contribution in [0.15, 0.2) is 24.3 Å². The van der Waals surface area contributed by atoms with Gasteiger partial charge in [0.25, 0.3) is 0 Å². The van der Waals surface area contributed by atoms with Gasteiger partial charge in [-0.05, 0) is 24.3 Å². The lowest BCUT2D eigenvalue weighted by molar-refractivity contribution is 0.273. The Balaban J connectivity index is 2.76. The van der Waals surface area contributed by atoms with Gasteiger partial charge < -0.3 is 9.67 Å². The maximum Gasteiger partial charge on any atom is 0.123 e. The van der Waals surface area contributed by atoms with Gasteiger partial charge in [-0.3, -0.25) is 0 Å². The average Bonchev–Trinajstić information content (AvgIpc) is 2.42. The Kier molecular flexibility index (Phi) is 1.81. The molecule has 0 saturated heterocycles. The van der Waals surface area contributed by atoms with E-state index in [-0.39, 0.29) is 12.4 Å². The Hall–Kier alpha value is -1.35. The maximum absolute atomic E-state index is 12.8. The van der Waals surface area contributed by atoms with Crippen molar-refractivity contribution in [3.8, 4) is 0 Å². The van der Waals surface area contributed by atoms with E-state index >= 15 is 0 Å². The largest absolute Gasteiger partial charge is 0.390 e. The fraction of sp³-hybridized carbons (Fsp3) is 0.200. The summed E-state index contributed by atoms with van der Waals surface area (Å²) in [5.74, 6) is -0.248. The lowest BCUT2D eigenvalue weighted by atomic mass is 10.2. The van der Waals surface area contributed by atoms with Crippen LogP contribution in [0.25, 0.3) is 10.9 Å². The summed E-state index contributed by atoms with van der Waals surface area (Å²) in [6, 6.07) is 6.39. The van der Waals surface area contributed by atoms with Crippen molar-refractivity contribution >= 4 is 10.9 Å². The molecule has 3 heteroatoms. The smallest absolute Gasteiger partial charge is 0.123 e. The average molecular weight is 179 g/mol. The van der Waals surface area contributed by atoms with Crippen LogP contribution >= 0.6 is 0 Å². The van der Waals surface area contributed by atoms with Gasteiger partial charge in [0, 0.05) is 23.6 Å². The Bertz CT molecular complexity index is 447. The normalized spacial score (nSPS) is 11.0. The van der Waals surface area contributed by atoms with Crippen LogP contribution < -0.4 is 0 Å². The number of benzene rings is 1. The van der Waals surface area contributed by atoms with Crippen LogP contribution in [0.4, 0.5) is 4.39 Å². The highest BCUT2D eigenvalue weighted by Gasteiger charge is 2.04. The molecule has 2 nitrogen and oxygen atoms in total. The first-order valence-electron chi connectivity index (χ1n) is 4.07. The van der Waals surface area contributed by atoms with Gasteiger partial charge in [0.15, 0.2) is 0 Å². The molecule has 13 heavy (non-hydrogen) atoms. The number of nitrogens with zero attached hydrogens (tertiary/aromatic N) is 1. The quantitative estimate of drug-likeness (QED) is 0.709. The van der Waals surface area contributed by atoms with Crippen molar-refractivity contribution in [3.63, 3.8) is 0 Å². The van der Waals surface area contributed by atoms with Crippen molar-refractivity contribution in [1.29, 1.82) is 0 Å². The van der Waals surface area contributed by atoms with Crippen LogP contribution in [-0.4, -0.2) is 9.67 Å². The summed E-state index contributed by atoms with van der Waals surface area (Å²) in [7, 11) is 1.85. The number of aryl methyl sites for hydroxylation is 1. The minimum atomic E-state index is -0.248. The summed E-state index contributed by atoms with van der Waals surface area (Å²) in [5, 5.41) is 9.80. The monoisotopic (exact) mass is 179 g/mol. The van der Waals surface area contributed by atoms with Crippen LogP contribution in [0.5, 0.6) is 0 Å². The molecular formula is C10H10FNO. The molecule has 1 aromatic carbocycles. The Morgan fingerprint density at radius 2 is 2.15 bits per heavy atom. The van der Waals surface area contributed by atoms with E-state index in [0.29, 0.717) is 0 Å². The third kappa shape index (κ3) is 1.21. The first-order chi connectivity index (χ1) is 6.22. The molecule has 0 aliphatic heterocycles. The SMILES string of the molecule is Cn1c(CO)cc2cc(F)ccc21. The van der Waals surface area contributed by atoms with Crippen molar-refractivity contribution in [2.75, 3.05) is 0 Å². The molecule has 0 atom stereocenters. The number of aromatic nitrogens is 1. The second-order valence-electron chi connectivity index (χ2n) is 3.06. The molecule has 0 fully saturated rings. The summed E-state index contributed by atoms with van der Waals surface area (Å²) in [6.45, 7) is -0.0210. The lowest BCUT2D eigenvalue weighted by Crippen LogP contribution is -1.94. The molecule has 0 aliphatic carbocycles. The second kappa shape index (κ2) is 2.85. The number of halogens is 1. The minimum Gasteiger partial charge on any atom is -0.390 e. The molecule has 2 rings (SSSR count). The van der Waals surface area contributed by atoms with Gasteiger partial charge in [-0.15, -0.1) is 0 Å². The van der Waals surface area contributed by atoms with Crippen molar-refractivity contribution in [2.45, 2.75) is 6.61 Å².